The van der Waals surface area contributed by atoms with Crippen LogP contribution in [0.4, 0.5) is 5.69 Å². The van der Waals surface area contributed by atoms with Crippen molar-refractivity contribution < 1.29 is 4.79 Å². The van der Waals surface area contributed by atoms with Crippen LogP contribution in [0.1, 0.15) is 25.8 Å². The van der Waals surface area contributed by atoms with Crippen molar-refractivity contribution in [2.75, 3.05) is 11.4 Å². The Bertz CT molecular complexity index is 592. The van der Waals surface area contributed by atoms with Gasteiger partial charge in [-0.25, -0.2) is 0 Å². The van der Waals surface area contributed by atoms with Crippen LogP contribution in [0.25, 0.3) is 0 Å². The maximum atomic E-state index is 12.2. The van der Waals surface area contributed by atoms with E-state index in [0.717, 1.165) is 5.69 Å². The standard InChI is InChI=1S/C15H16N4O/c1-15(2)10-19(13(7-8-16)14(20)18-15)12-5-3-11(9-17)4-6-12/h3-6,13H,7,10H2,1-2H3,(H,18,20). The second kappa shape index (κ2) is 5.22. The number of hydrogen-bond acceptors (Lipinski definition) is 4. The number of anilines is 1. The Morgan fingerprint density at radius 2 is 2.00 bits per heavy atom. The molecule has 0 radical (unpaired) electrons. The van der Waals surface area contributed by atoms with Gasteiger partial charge in [-0.1, -0.05) is 0 Å². The minimum absolute atomic E-state index is 0.132. The fourth-order valence-electron chi connectivity index (χ4n) is 2.42. The lowest BCUT2D eigenvalue weighted by molar-refractivity contribution is -0.125. The summed E-state index contributed by atoms with van der Waals surface area (Å²) in [6, 6.07) is 10.7. The average Bonchev–Trinajstić information content (AvgIpc) is 2.41. The third-order valence-electron chi connectivity index (χ3n) is 3.32. The summed E-state index contributed by atoms with van der Waals surface area (Å²) >= 11 is 0. The first-order chi connectivity index (χ1) is 9.46. The van der Waals surface area contributed by atoms with Crippen molar-refractivity contribution in [3.05, 3.63) is 29.8 Å². The van der Waals surface area contributed by atoms with Gasteiger partial charge >= 0.3 is 0 Å². The minimum Gasteiger partial charge on any atom is -0.356 e. The summed E-state index contributed by atoms with van der Waals surface area (Å²) in [6.07, 6.45) is 0.141. The van der Waals surface area contributed by atoms with Crippen LogP contribution in [0.2, 0.25) is 0 Å². The molecule has 1 aromatic rings. The van der Waals surface area contributed by atoms with E-state index in [9.17, 15) is 4.79 Å². The highest BCUT2D eigenvalue weighted by atomic mass is 16.2. The first kappa shape index (κ1) is 13.9. The van der Waals surface area contributed by atoms with Crippen molar-refractivity contribution >= 4 is 11.6 Å². The van der Waals surface area contributed by atoms with E-state index < -0.39 is 6.04 Å². The maximum Gasteiger partial charge on any atom is 0.244 e. The predicted molar refractivity (Wildman–Crippen MR) is 74.7 cm³/mol. The van der Waals surface area contributed by atoms with Crippen LogP contribution in [0.15, 0.2) is 24.3 Å². The van der Waals surface area contributed by atoms with E-state index in [2.05, 4.69) is 17.5 Å². The lowest BCUT2D eigenvalue weighted by Gasteiger charge is -2.44. The van der Waals surface area contributed by atoms with E-state index in [1.807, 2.05) is 30.9 Å². The molecule has 0 saturated carbocycles. The van der Waals surface area contributed by atoms with Crippen molar-refractivity contribution in [3.63, 3.8) is 0 Å². The summed E-state index contributed by atoms with van der Waals surface area (Å²) in [7, 11) is 0. The zero-order valence-corrected chi connectivity index (χ0v) is 11.6. The molecule has 5 heteroatoms. The molecule has 1 saturated heterocycles. The lowest BCUT2D eigenvalue weighted by Crippen LogP contribution is -2.64. The average molecular weight is 268 g/mol. The minimum atomic E-state index is -0.485. The van der Waals surface area contributed by atoms with Crippen LogP contribution >= 0.6 is 0 Å². The third-order valence-corrected chi connectivity index (χ3v) is 3.32. The number of hydrogen-bond donors (Lipinski definition) is 1. The van der Waals surface area contributed by atoms with Gasteiger partial charge in [-0.2, -0.15) is 10.5 Å². The van der Waals surface area contributed by atoms with Crippen molar-refractivity contribution in [1.82, 2.24) is 5.32 Å². The number of carbonyl (C=O) groups is 1. The molecule has 1 atom stereocenters. The molecule has 1 aromatic carbocycles. The van der Waals surface area contributed by atoms with Crippen LogP contribution in [0.5, 0.6) is 0 Å². The van der Waals surface area contributed by atoms with Crippen molar-refractivity contribution in [1.29, 1.82) is 10.5 Å². The van der Waals surface area contributed by atoms with Gasteiger partial charge < -0.3 is 10.2 Å². The molecule has 1 aliphatic heterocycles. The first-order valence-electron chi connectivity index (χ1n) is 6.42. The molecule has 102 valence electrons. The van der Waals surface area contributed by atoms with Gasteiger partial charge in [0.2, 0.25) is 5.91 Å². The Morgan fingerprint density at radius 1 is 1.35 bits per heavy atom. The molecule has 20 heavy (non-hydrogen) atoms. The Hall–Kier alpha value is -2.53. The normalized spacial score (nSPS) is 20.7. The summed E-state index contributed by atoms with van der Waals surface area (Å²) in [6.45, 7) is 4.52. The summed E-state index contributed by atoms with van der Waals surface area (Å²) in [4.78, 5) is 14.1. The SMILES string of the molecule is CC1(C)CN(c2ccc(C#N)cc2)C(CC#N)C(=O)N1. The fourth-order valence-corrected chi connectivity index (χ4v) is 2.42. The van der Waals surface area contributed by atoms with Crippen LogP contribution in [-0.4, -0.2) is 24.0 Å². The quantitative estimate of drug-likeness (QED) is 0.882. The smallest absolute Gasteiger partial charge is 0.244 e. The summed E-state index contributed by atoms with van der Waals surface area (Å²) in [5.41, 5.74) is 1.08. The maximum absolute atomic E-state index is 12.2. The number of carbonyl (C=O) groups excluding carboxylic acids is 1. The van der Waals surface area contributed by atoms with Crippen LogP contribution in [-0.2, 0) is 4.79 Å². The Balaban J connectivity index is 2.35. The van der Waals surface area contributed by atoms with Crippen LogP contribution in [0.3, 0.4) is 0 Å². The van der Waals surface area contributed by atoms with E-state index in [-0.39, 0.29) is 17.9 Å². The molecule has 0 bridgehead atoms. The highest BCUT2D eigenvalue weighted by Gasteiger charge is 2.38. The van der Waals surface area contributed by atoms with E-state index in [1.54, 1.807) is 12.1 Å². The number of nitrogens with one attached hydrogen (secondary N) is 1. The molecule has 0 spiro atoms. The zero-order valence-electron chi connectivity index (χ0n) is 11.6. The van der Waals surface area contributed by atoms with E-state index in [1.165, 1.54) is 0 Å². The molecule has 0 aliphatic carbocycles. The highest BCUT2D eigenvalue weighted by Crippen LogP contribution is 2.25. The van der Waals surface area contributed by atoms with Crippen LogP contribution < -0.4 is 10.2 Å². The summed E-state index contributed by atoms with van der Waals surface area (Å²) < 4.78 is 0. The van der Waals surface area contributed by atoms with Crippen molar-refractivity contribution in [3.8, 4) is 12.1 Å². The fraction of sp³-hybridized carbons (Fsp3) is 0.400. The van der Waals surface area contributed by atoms with Gasteiger partial charge in [0.25, 0.3) is 0 Å². The summed E-state index contributed by atoms with van der Waals surface area (Å²) in [5.74, 6) is -0.132. The third kappa shape index (κ3) is 2.73. The van der Waals surface area contributed by atoms with Gasteiger partial charge in [0, 0.05) is 12.2 Å². The Morgan fingerprint density at radius 3 is 2.55 bits per heavy atom. The molecule has 1 unspecified atom stereocenters. The Labute approximate surface area is 118 Å². The number of piperazine rings is 1. The lowest BCUT2D eigenvalue weighted by atomic mass is 9.96. The number of rotatable bonds is 2. The largest absolute Gasteiger partial charge is 0.356 e. The molecule has 1 fully saturated rings. The molecular weight excluding hydrogens is 252 g/mol. The van der Waals surface area contributed by atoms with Crippen molar-refractivity contribution in [2.24, 2.45) is 0 Å². The topological polar surface area (TPSA) is 79.9 Å². The van der Waals surface area contributed by atoms with Gasteiger partial charge in [0.15, 0.2) is 0 Å². The second-order valence-electron chi connectivity index (χ2n) is 5.54. The van der Waals surface area contributed by atoms with E-state index >= 15 is 0 Å². The molecular formula is C15H16N4O. The zero-order chi connectivity index (χ0) is 14.8. The monoisotopic (exact) mass is 268 g/mol. The number of nitrogens with zero attached hydrogens (tertiary/aromatic N) is 3. The number of amides is 1. The van der Waals surface area contributed by atoms with E-state index in [4.69, 9.17) is 10.5 Å². The molecule has 1 N–H and O–H groups in total. The second-order valence-corrected chi connectivity index (χ2v) is 5.54. The predicted octanol–water partition coefficient (Wildman–Crippen LogP) is 1.56. The molecule has 1 amide bonds. The molecule has 1 aliphatic rings. The summed E-state index contributed by atoms with van der Waals surface area (Å²) in [5, 5.41) is 20.7. The number of nitriles is 2. The first-order valence-corrected chi connectivity index (χ1v) is 6.42. The van der Waals surface area contributed by atoms with E-state index in [0.29, 0.717) is 12.1 Å². The highest BCUT2D eigenvalue weighted by molar-refractivity contribution is 5.87. The van der Waals surface area contributed by atoms with Gasteiger partial charge in [-0.05, 0) is 38.1 Å². The van der Waals surface area contributed by atoms with Crippen molar-refractivity contribution in [2.45, 2.75) is 31.8 Å². The Kier molecular flexibility index (Phi) is 3.63. The van der Waals surface area contributed by atoms with Gasteiger partial charge in [-0.3, -0.25) is 4.79 Å². The van der Waals surface area contributed by atoms with Gasteiger partial charge in [0.1, 0.15) is 6.04 Å². The molecule has 0 aromatic heterocycles. The molecule has 2 rings (SSSR count). The molecule has 1 heterocycles. The molecule has 5 nitrogen and oxygen atoms in total. The number of benzene rings is 1. The van der Waals surface area contributed by atoms with Crippen LogP contribution in [0, 0.1) is 22.7 Å². The van der Waals surface area contributed by atoms with Gasteiger partial charge in [0.05, 0.1) is 29.7 Å². The van der Waals surface area contributed by atoms with Gasteiger partial charge in [-0.15, -0.1) is 0 Å².